The maximum absolute atomic E-state index is 16.3. The molecular formula is C29H28ClF3N6O3. The number of carbonyl (C=O) groups excluding carboxylic acids is 2. The number of nitrogens with zero attached hydrogens (tertiary/aromatic N) is 5. The molecule has 3 unspecified atom stereocenters. The van der Waals surface area contributed by atoms with E-state index < -0.39 is 40.2 Å². The van der Waals surface area contributed by atoms with Gasteiger partial charge in [-0.05, 0) is 63.8 Å². The summed E-state index contributed by atoms with van der Waals surface area (Å²) in [6, 6.07) is 2.88. The van der Waals surface area contributed by atoms with Crippen molar-refractivity contribution in [2.24, 2.45) is 0 Å². The molecule has 0 saturated heterocycles. The van der Waals surface area contributed by atoms with Crippen LogP contribution < -0.4 is 10.2 Å². The molecular weight excluding hydrogens is 573 g/mol. The van der Waals surface area contributed by atoms with Crippen LogP contribution in [0.25, 0.3) is 5.82 Å². The Bertz CT molecular complexity index is 1660. The fraction of sp³-hybridized carbons (Fsp3) is 0.379. The molecule has 0 aromatic carbocycles. The second-order valence-electron chi connectivity index (χ2n) is 10.9. The number of amides is 1. The molecule has 0 saturated carbocycles. The van der Waals surface area contributed by atoms with Gasteiger partial charge in [-0.15, -0.1) is 0 Å². The normalized spacial score (nSPS) is 22.1. The molecule has 2 aliphatic rings. The van der Waals surface area contributed by atoms with E-state index >= 15 is 4.39 Å². The molecule has 1 aliphatic carbocycles. The number of hydrogen-bond acceptors (Lipinski definition) is 7. The average molecular weight is 601 g/mol. The highest BCUT2D eigenvalue weighted by atomic mass is 35.5. The van der Waals surface area contributed by atoms with Gasteiger partial charge in [0.05, 0.1) is 29.3 Å². The fourth-order valence-corrected chi connectivity index (χ4v) is 5.62. The number of pyridine rings is 2. The summed E-state index contributed by atoms with van der Waals surface area (Å²) in [5.41, 5.74) is 0.787. The number of anilines is 1. The highest BCUT2D eigenvalue weighted by Crippen LogP contribution is 2.46. The zero-order valence-corrected chi connectivity index (χ0v) is 24.3. The van der Waals surface area contributed by atoms with Gasteiger partial charge in [0.2, 0.25) is 5.91 Å². The van der Waals surface area contributed by atoms with E-state index in [-0.39, 0.29) is 17.4 Å². The lowest BCUT2D eigenvalue weighted by Crippen LogP contribution is -2.47. The van der Waals surface area contributed by atoms with Crippen LogP contribution in [-0.4, -0.2) is 42.8 Å². The number of fused-ring (bicyclic) bond motifs is 1. The topological polar surface area (TPSA) is 102 Å². The summed E-state index contributed by atoms with van der Waals surface area (Å²) in [7, 11) is 0. The average Bonchev–Trinajstić information content (AvgIpc) is 3.49. The minimum atomic E-state index is -2.83. The lowest BCUT2D eigenvalue weighted by Gasteiger charge is -2.40. The van der Waals surface area contributed by atoms with Gasteiger partial charge in [0.25, 0.3) is 5.13 Å². The number of hydrogen-bond donors (Lipinski definition) is 1. The molecule has 5 rings (SSSR count). The van der Waals surface area contributed by atoms with Gasteiger partial charge in [-0.3, -0.25) is 9.78 Å². The number of carbonyl (C=O) groups is 1. The predicted octanol–water partition coefficient (Wildman–Crippen LogP) is 5.04. The van der Waals surface area contributed by atoms with Crippen molar-refractivity contribution in [1.29, 1.82) is 0 Å². The SMILES string of the molecule is CC(=O)NC(C)(C)c1nn(-c2cc(N3C(=C=O)C(F)(Cl)C(OC4CCc5cc(F)cnc54)C=C3C)c(C)cn2)cc1F. The van der Waals surface area contributed by atoms with Crippen LogP contribution >= 0.6 is 11.6 Å². The number of rotatable bonds is 6. The van der Waals surface area contributed by atoms with Crippen molar-refractivity contribution in [2.75, 3.05) is 4.90 Å². The van der Waals surface area contributed by atoms with Gasteiger partial charge in [-0.1, -0.05) is 11.6 Å². The summed E-state index contributed by atoms with van der Waals surface area (Å²) in [5.74, 6) is 0.311. The molecule has 3 aromatic rings. The Kier molecular flexibility index (Phi) is 7.51. The number of nitrogens with one attached hydrogen (secondary N) is 1. The molecule has 1 N–H and O–H groups in total. The second-order valence-corrected chi connectivity index (χ2v) is 11.5. The van der Waals surface area contributed by atoms with E-state index in [2.05, 4.69) is 20.4 Å². The number of aromatic nitrogens is 4. The molecule has 220 valence electrons. The summed E-state index contributed by atoms with van der Waals surface area (Å²) in [5, 5.41) is 4.13. The van der Waals surface area contributed by atoms with E-state index in [9.17, 15) is 18.4 Å². The van der Waals surface area contributed by atoms with E-state index in [1.54, 1.807) is 33.6 Å². The highest BCUT2D eigenvalue weighted by Gasteiger charge is 2.50. The summed E-state index contributed by atoms with van der Waals surface area (Å²) in [6.45, 7) is 7.89. The van der Waals surface area contributed by atoms with Crippen LogP contribution in [0.1, 0.15) is 62.7 Å². The Morgan fingerprint density at radius 3 is 2.67 bits per heavy atom. The zero-order valence-electron chi connectivity index (χ0n) is 23.5. The van der Waals surface area contributed by atoms with Crippen molar-refractivity contribution in [3.8, 4) is 5.82 Å². The molecule has 1 aliphatic heterocycles. The van der Waals surface area contributed by atoms with Gasteiger partial charge < -0.3 is 15.0 Å². The van der Waals surface area contributed by atoms with Gasteiger partial charge in [-0.25, -0.2) is 27.6 Å². The first-order valence-electron chi connectivity index (χ1n) is 13.2. The molecule has 4 heterocycles. The number of ether oxygens (including phenoxy) is 1. The Morgan fingerprint density at radius 1 is 1.24 bits per heavy atom. The van der Waals surface area contributed by atoms with Crippen molar-refractivity contribution >= 4 is 29.1 Å². The van der Waals surface area contributed by atoms with Crippen LogP contribution in [0.4, 0.5) is 18.9 Å². The molecule has 1 amide bonds. The Hall–Kier alpha value is -3.99. The van der Waals surface area contributed by atoms with Crippen LogP contribution in [0, 0.1) is 18.6 Å². The lowest BCUT2D eigenvalue weighted by atomic mass is 10.0. The molecule has 3 aromatic heterocycles. The van der Waals surface area contributed by atoms with E-state index in [1.807, 2.05) is 0 Å². The smallest absolute Gasteiger partial charge is 0.263 e. The highest BCUT2D eigenvalue weighted by molar-refractivity contribution is 6.26. The van der Waals surface area contributed by atoms with Crippen LogP contribution in [0.2, 0.25) is 0 Å². The maximum Gasteiger partial charge on any atom is 0.263 e. The number of alkyl halides is 2. The first-order chi connectivity index (χ1) is 19.7. The van der Waals surface area contributed by atoms with E-state index in [4.69, 9.17) is 16.3 Å². The molecule has 0 bridgehead atoms. The minimum Gasteiger partial charge on any atom is -0.359 e. The third-order valence-electron chi connectivity index (χ3n) is 7.28. The van der Waals surface area contributed by atoms with Crippen molar-refractivity contribution < 1.29 is 27.5 Å². The Balaban J connectivity index is 1.50. The third-order valence-corrected chi connectivity index (χ3v) is 7.68. The first kappa shape index (κ1) is 29.5. The molecule has 0 radical (unpaired) electrons. The first-order valence-corrected chi connectivity index (χ1v) is 13.5. The van der Waals surface area contributed by atoms with Crippen LogP contribution in [0.15, 0.2) is 48.2 Å². The quantitative estimate of drug-likeness (QED) is 0.312. The molecule has 3 atom stereocenters. The predicted molar refractivity (Wildman–Crippen MR) is 148 cm³/mol. The minimum absolute atomic E-state index is 0.0154. The fourth-order valence-electron chi connectivity index (χ4n) is 5.38. The molecule has 42 heavy (non-hydrogen) atoms. The third kappa shape index (κ3) is 5.21. The monoisotopic (exact) mass is 600 g/mol. The number of allylic oxidation sites excluding steroid dienone is 1. The molecule has 0 fully saturated rings. The summed E-state index contributed by atoms with van der Waals surface area (Å²) in [4.78, 5) is 33.6. The van der Waals surface area contributed by atoms with E-state index in [0.29, 0.717) is 41.0 Å². The van der Waals surface area contributed by atoms with E-state index in [1.165, 1.54) is 40.9 Å². The maximum atomic E-state index is 16.3. The van der Waals surface area contributed by atoms with Gasteiger partial charge in [-0.2, -0.15) is 5.10 Å². The van der Waals surface area contributed by atoms with E-state index in [0.717, 1.165) is 12.4 Å². The van der Waals surface area contributed by atoms with Crippen molar-refractivity contribution in [2.45, 2.75) is 70.3 Å². The Labute approximate surface area is 245 Å². The summed E-state index contributed by atoms with van der Waals surface area (Å²) in [6.07, 6.45) is 4.02. The molecule has 9 nitrogen and oxygen atoms in total. The van der Waals surface area contributed by atoms with Crippen LogP contribution in [0.3, 0.4) is 0 Å². The molecule has 0 spiro atoms. The Morgan fingerprint density at radius 2 is 1.98 bits per heavy atom. The van der Waals surface area contributed by atoms with Gasteiger partial charge in [0.1, 0.15) is 23.7 Å². The summed E-state index contributed by atoms with van der Waals surface area (Å²) >= 11 is 6.39. The largest absolute Gasteiger partial charge is 0.359 e. The van der Waals surface area contributed by atoms with Gasteiger partial charge in [0, 0.05) is 24.9 Å². The van der Waals surface area contributed by atoms with Crippen LogP contribution in [0.5, 0.6) is 0 Å². The van der Waals surface area contributed by atoms with Crippen molar-refractivity contribution in [3.05, 3.63) is 82.3 Å². The van der Waals surface area contributed by atoms with Crippen molar-refractivity contribution in [3.63, 3.8) is 0 Å². The van der Waals surface area contributed by atoms with Gasteiger partial charge >= 0.3 is 0 Å². The molecule has 13 heteroatoms. The van der Waals surface area contributed by atoms with Crippen molar-refractivity contribution in [1.82, 2.24) is 25.1 Å². The van der Waals surface area contributed by atoms with Crippen LogP contribution in [-0.2, 0) is 26.3 Å². The zero-order chi connectivity index (χ0) is 30.6. The van der Waals surface area contributed by atoms with Gasteiger partial charge in [0.15, 0.2) is 23.3 Å². The standard InChI is InChI=1S/C29H28ClF3N6O3/c1-15-11-34-25(38-13-20(32)27(37-38)28(4,5)36-17(3)41)10-21(15)39-16(2)8-24(29(30,33)23(39)14-40)42-22-7-6-18-9-19(31)12-35-26(18)22/h8-13,22,24H,6-7H2,1-5H3,(H,36,41). The second kappa shape index (κ2) is 10.7. The number of halogens is 4. The number of aryl methyl sites for hydroxylation is 2. The lowest BCUT2D eigenvalue weighted by molar-refractivity contribution is -0.120. The summed E-state index contributed by atoms with van der Waals surface area (Å²) < 4.78 is 52.1.